The molecule has 4 heteroatoms. The van der Waals surface area contributed by atoms with Gasteiger partial charge in [-0.05, 0) is 30.7 Å². The summed E-state index contributed by atoms with van der Waals surface area (Å²) in [6, 6.07) is 7.71. The Morgan fingerprint density at radius 1 is 1.25 bits per heavy atom. The molecule has 0 radical (unpaired) electrons. The van der Waals surface area contributed by atoms with Crippen molar-refractivity contribution in [2.24, 2.45) is 11.8 Å². The van der Waals surface area contributed by atoms with Gasteiger partial charge in [0.2, 0.25) is 5.91 Å². The highest BCUT2D eigenvalue weighted by Crippen LogP contribution is 2.14. The van der Waals surface area contributed by atoms with E-state index in [4.69, 9.17) is 0 Å². The van der Waals surface area contributed by atoms with Gasteiger partial charge in [0.05, 0.1) is 26.1 Å². The second kappa shape index (κ2) is 7.23. The Morgan fingerprint density at radius 3 is 2.45 bits per heavy atom. The fourth-order valence-corrected chi connectivity index (χ4v) is 3.44. The van der Waals surface area contributed by atoms with Crippen LogP contribution in [0.2, 0.25) is 0 Å². The van der Waals surface area contributed by atoms with Gasteiger partial charge in [-0.3, -0.25) is 4.79 Å². The van der Waals surface area contributed by atoms with Crippen molar-refractivity contribution >= 4 is 27.5 Å². The number of hydrogen-bond donors (Lipinski definition) is 2. The van der Waals surface area contributed by atoms with Gasteiger partial charge >= 0.3 is 0 Å². The number of carbonyl (C=O) groups excluding carboxylic acids is 1. The molecule has 2 N–H and O–H groups in total. The third-order valence-electron chi connectivity index (χ3n) is 3.91. The summed E-state index contributed by atoms with van der Waals surface area (Å²) in [5.74, 6) is 1.68. The summed E-state index contributed by atoms with van der Waals surface area (Å²) < 4.78 is 1.02. The summed E-state index contributed by atoms with van der Waals surface area (Å²) in [5, 5.41) is 2.96. The van der Waals surface area contributed by atoms with E-state index in [-0.39, 0.29) is 5.91 Å². The zero-order valence-corrected chi connectivity index (χ0v) is 13.9. The Balaban J connectivity index is 1.76. The molecule has 20 heavy (non-hydrogen) atoms. The van der Waals surface area contributed by atoms with Gasteiger partial charge in [-0.25, -0.2) is 0 Å². The summed E-state index contributed by atoms with van der Waals surface area (Å²) in [4.78, 5) is 13.5. The third kappa shape index (κ3) is 4.91. The molecule has 3 atom stereocenters. The first-order valence-electron chi connectivity index (χ1n) is 7.42. The lowest BCUT2D eigenvalue weighted by Gasteiger charge is -2.31. The van der Waals surface area contributed by atoms with Gasteiger partial charge in [0.15, 0.2) is 0 Å². The average Bonchev–Trinajstić information content (AvgIpc) is 2.38. The number of amides is 1. The minimum absolute atomic E-state index is 0.116. The van der Waals surface area contributed by atoms with Gasteiger partial charge in [0.1, 0.15) is 0 Å². The maximum atomic E-state index is 12.0. The highest BCUT2D eigenvalue weighted by molar-refractivity contribution is 9.10. The zero-order valence-electron chi connectivity index (χ0n) is 12.3. The lowest BCUT2D eigenvalue weighted by Crippen LogP contribution is -3.14. The van der Waals surface area contributed by atoms with E-state index in [1.165, 1.54) is 19.5 Å². The Morgan fingerprint density at radius 2 is 1.85 bits per heavy atom. The molecule has 110 valence electrons. The Bertz CT molecular complexity index is 436. The van der Waals surface area contributed by atoms with Crippen LogP contribution in [-0.2, 0) is 4.79 Å². The molecular formula is C16H24BrN2O+. The maximum Gasteiger partial charge on any atom is 0.230 e. The summed E-state index contributed by atoms with van der Waals surface area (Å²) in [7, 11) is 0. The van der Waals surface area contributed by atoms with Crippen LogP contribution in [0.3, 0.4) is 0 Å². The van der Waals surface area contributed by atoms with E-state index in [2.05, 4.69) is 35.1 Å². The molecule has 3 nitrogen and oxygen atoms in total. The number of halogens is 1. The van der Waals surface area contributed by atoms with Crippen molar-refractivity contribution < 1.29 is 9.69 Å². The fourth-order valence-electron chi connectivity index (χ4n) is 3.17. The van der Waals surface area contributed by atoms with Crippen LogP contribution in [0.15, 0.2) is 28.7 Å². The monoisotopic (exact) mass is 339 g/mol. The summed E-state index contributed by atoms with van der Waals surface area (Å²) >= 11 is 3.39. The summed E-state index contributed by atoms with van der Waals surface area (Å²) in [6.45, 7) is 7.98. The highest BCUT2D eigenvalue weighted by Gasteiger charge is 2.25. The number of rotatable bonds is 4. The van der Waals surface area contributed by atoms with Crippen molar-refractivity contribution in [3.63, 3.8) is 0 Å². The molecule has 1 amide bonds. The molecule has 1 unspecified atom stereocenters. The highest BCUT2D eigenvalue weighted by atomic mass is 79.9. The lowest BCUT2D eigenvalue weighted by atomic mass is 9.92. The average molecular weight is 340 g/mol. The molecule has 0 spiro atoms. The van der Waals surface area contributed by atoms with Gasteiger partial charge in [0, 0.05) is 22.0 Å². The molecule has 0 saturated carbocycles. The van der Waals surface area contributed by atoms with Crippen molar-refractivity contribution in [2.45, 2.75) is 26.7 Å². The summed E-state index contributed by atoms with van der Waals surface area (Å²) in [5.41, 5.74) is 0.869. The predicted octanol–water partition coefficient (Wildman–Crippen LogP) is 2.34. The maximum absolute atomic E-state index is 12.0. The second-order valence-corrected chi connectivity index (χ2v) is 7.08. The van der Waals surface area contributed by atoms with Crippen molar-refractivity contribution in [1.29, 1.82) is 0 Å². The molecule has 0 bridgehead atoms. The number of hydrogen-bond acceptors (Lipinski definition) is 1. The number of piperidine rings is 1. The van der Waals surface area contributed by atoms with Crippen molar-refractivity contribution in [3.05, 3.63) is 28.7 Å². The fraction of sp³-hybridized carbons (Fsp3) is 0.562. The van der Waals surface area contributed by atoms with E-state index in [0.29, 0.717) is 6.42 Å². The van der Waals surface area contributed by atoms with Crippen molar-refractivity contribution in [2.75, 3.05) is 25.0 Å². The molecule has 1 fully saturated rings. The van der Waals surface area contributed by atoms with Crippen LogP contribution in [0.5, 0.6) is 0 Å². The number of nitrogens with one attached hydrogen (secondary N) is 2. The molecule has 1 saturated heterocycles. The number of likely N-dealkylation sites (tertiary alicyclic amines) is 1. The van der Waals surface area contributed by atoms with Crippen LogP contribution in [0.4, 0.5) is 5.69 Å². The minimum Gasteiger partial charge on any atom is -0.334 e. The van der Waals surface area contributed by atoms with Gasteiger partial charge in [-0.2, -0.15) is 0 Å². The quantitative estimate of drug-likeness (QED) is 0.867. The Hall–Kier alpha value is -0.870. The molecule has 1 aliphatic heterocycles. The Labute approximate surface area is 129 Å². The lowest BCUT2D eigenvalue weighted by molar-refractivity contribution is -0.911. The van der Waals surface area contributed by atoms with E-state index in [9.17, 15) is 4.79 Å². The Kier molecular flexibility index (Phi) is 5.61. The van der Waals surface area contributed by atoms with Crippen LogP contribution in [0, 0.1) is 11.8 Å². The second-order valence-electron chi connectivity index (χ2n) is 6.16. The first-order valence-corrected chi connectivity index (χ1v) is 8.21. The molecule has 0 aliphatic carbocycles. The SMILES string of the molecule is C[C@@H]1C[C@H](C)C[NH+](CCC(=O)Nc2ccc(Br)cc2)C1. The minimum atomic E-state index is 0.116. The number of anilines is 1. The van der Waals surface area contributed by atoms with Crippen molar-refractivity contribution in [1.82, 2.24) is 0 Å². The number of quaternary nitrogens is 1. The zero-order chi connectivity index (χ0) is 14.5. The van der Waals surface area contributed by atoms with E-state index in [1.54, 1.807) is 4.90 Å². The molecular weight excluding hydrogens is 316 g/mol. The van der Waals surface area contributed by atoms with Gasteiger partial charge < -0.3 is 10.2 Å². The van der Waals surface area contributed by atoms with Crippen LogP contribution >= 0.6 is 15.9 Å². The molecule has 1 heterocycles. The number of carbonyl (C=O) groups is 1. The molecule has 0 aromatic heterocycles. The van der Waals surface area contributed by atoms with Gasteiger partial charge in [-0.15, -0.1) is 0 Å². The van der Waals surface area contributed by atoms with Crippen LogP contribution in [0.25, 0.3) is 0 Å². The van der Waals surface area contributed by atoms with Crippen molar-refractivity contribution in [3.8, 4) is 0 Å². The summed E-state index contributed by atoms with van der Waals surface area (Å²) in [6.07, 6.45) is 1.93. The molecule has 1 aromatic carbocycles. The van der Waals surface area contributed by atoms with Crippen LogP contribution in [0.1, 0.15) is 26.7 Å². The predicted molar refractivity (Wildman–Crippen MR) is 85.9 cm³/mol. The van der Waals surface area contributed by atoms with Crippen LogP contribution in [-0.4, -0.2) is 25.5 Å². The standard InChI is InChI=1S/C16H23BrN2O/c1-12-9-13(2)11-19(10-12)8-7-16(20)18-15-5-3-14(17)4-6-15/h3-6,12-13H,7-11H2,1-2H3,(H,18,20)/p+1/t12-,13+. The first-order chi connectivity index (χ1) is 9.52. The molecule has 1 aromatic rings. The van der Waals surface area contributed by atoms with Gasteiger partial charge in [-0.1, -0.05) is 29.8 Å². The van der Waals surface area contributed by atoms with Crippen LogP contribution < -0.4 is 10.2 Å². The topological polar surface area (TPSA) is 33.5 Å². The normalized spacial score (nSPS) is 26.2. The van der Waals surface area contributed by atoms with E-state index < -0.39 is 0 Å². The van der Waals surface area contributed by atoms with E-state index in [0.717, 1.165) is 28.5 Å². The first kappa shape index (κ1) is 15.5. The molecule has 2 rings (SSSR count). The third-order valence-corrected chi connectivity index (χ3v) is 4.44. The van der Waals surface area contributed by atoms with E-state index in [1.807, 2.05) is 24.3 Å². The largest absolute Gasteiger partial charge is 0.334 e. The number of benzene rings is 1. The smallest absolute Gasteiger partial charge is 0.230 e. The molecule has 1 aliphatic rings. The van der Waals surface area contributed by atoms with E-state index >= 15 is 0 Å². The van der Waals surface area contributed by atoms with Gasteiger partial charge in [0.25, 0.3) is 0 Å².